The third-order valence-corrected chi connectivity index (χ3v) is 3.76. The highest BCUT2D eigenvalue weighted by Crippen LogP contribution is 2.30. The van der Waals surface area contributed by atoms with E-state index >= 15 is 0 Å². The molecule has 2 N–H and O–H groups in total. The number of benzene rings is 2. The number of hydrogen-bond donors (Lipinski definition) is 2. The van der Waals surface area contributed by atoms with Gasteiger partial charge in [0.2, 0.25) is 0 Å². The van der Waals surface area contributed by atoms with Gasteiger partial charge in [0.05, 0.1) is 11.2 Å². The van der Waals surface area contributed by atoms with Crippen molar-refractivity contribution in [3.8, 4) is 11.5 Å². The third kappa shape index (κ3) is 5.25. The van der Waals surface area contributed by atoms with Crippen molar-refractivity contribution in [1.82, 2.24) is 5.43 Å². The predicted molar refractivity (Wildman–Crippen MR) is 98.0 cm³/mol. The van der Waals surface area contributed by atoms with Crippen LogP contribution in [0.5, 0.6) is 11.5 Å². The van der Waals surface area contributed by atoms with E-state index in [9.17, 15) is 9.90 Å². The lowest BCUT2D eigenvalue weighted by Gasteiger charge is -2.07. The summed E-state index contributed by atoms with van der Waals surface area (Å²) in [5, 5.41) is 13.8. The number of phenols is 1. The number of ether oxygens (including phenoxy) is 1. The first kappa shape index (κ1) is 18.3. The lowest BCUT2D eigenvalue weighted by atomic mass is 10.1. The van der Waals surface area contributed by atoms with Gasteiger partial charge in [0.1, 0.15) is 11.5 Å². The van der Waals surface area contributed by atoms with Crippen LogP contribution in [0.3, 0.4) is 0 Å². The number of carbonyl (C=O) groups is 1. The Labute approximate surface area is 153 Å². The van der Waals surface area contributed by atoms with Crippen LogP contribution in [-0.2, 0) is 4.79 Å². The van der Waals surface area contributed by atoms with E-state index in [1.807, 2.05) is 32.0 Å². The second-order valence-electron chi connectivity index (χ2n) is 5.23. The summed E-state index contributed by atoms with van der Waals surface area (Å²) in [6, 6.07) is 8.91. The molecular weight excluding hydrogens is 396 g/mol. The van der Waals surface area contributed by atoms with Crippen molar-refractivity contribution < 1.29 is 14.6 Å². The van der Waals surface area contributed by atoms with Crippen LogP contribution in [0, 0.1) is 13.8 Å². The molecule has 0 fully saturated rings. The first-order valence-corrected chi connectivity index (χ1v) is 8.23. The first-order valence-electron chi connectivity index (χ1n) is 7.06. The van der Waals surface area contributed by atoms with Crippen LogP contribution >= 0.6 is 27.5 Å². The quantitative estimate of drug-likeness (QED) is 0.578. The molecule has 7 heteroatoms. The van der Waals surface area contributed by atoms with E-state index in [1.54, 1.807) is 12.1 Å². The van der Waals surface area contributed by atoms with Crippen molar-refractivity contribution in [3.63, 3.8) is 0 Å². The minimum Gasteiger partial charge on any atom is -0.506 e. The molecule has 0 bridgehead atoms. The van der Waals surface area contributed by atoms with E-state index < -0.39 is 5.91 Å². The van der Waals surface area contributed by atoms with Crippen molar-refractivity contribution in [3.05, 3.63) is 56.5 Å². The van der Waals surface area contributed by atoms with Crippen LogP contribution < -0.4 is 10.2 Å². The molecule has 2 aromatic carbocycles. The van der Waals surface area contributed by atoms with Crippen molar-refractivity contribution in [2.75, 3.05) is 6.61 Å². The molecule has 0 aromatic heterocycles. The van der Waals surface area contributed by atoms with Gasteiger partial charge in [-0.05, 0) is 49.2 Å². The fraction of sp³-hybridized carbons (Fsp3) is 0.176. The molecule has 0 spiro atoms. The van der Waals surface area contributed by atoms with E-state index in [2.05, 4.69) is 26.5 Å². The number of halogens is 2. The molecule has 0 saturated carbocycles. The molecule has 2 rings (SSSR count). The van der Waals surface area contributed by atoms with Crippen LogP contribution in [0.4, 0.5) is 0 Å². The average molecular weight is 412 g/mol. The Morgan fingerprint density at radius 3 is 2.62 bits per heavy atom. The zero-order valence-corrected chi connectivity index (χ0v) is 15.5. The lowest BCUT2D eigenvalue weighted by molar-refractivity contribution is -0.123. The van der Waals surface area contributed by atoms with Gasteiger partial charge < -0.3 is 9.84 Å². The first-order chi connectivity index (χ1) is 11.3. The minimum atomic E-state index is -0.411. The summed E-state index contributed by atoms with van der Waals surface area (Å²) in [4.78, 5) is 11.7. The van der Waals surface area contributed by atoms with E-state index in [0.717, 1.165) is 11.1 Å². The Hall–Kier alpha value is -2.05. The highest BCUT2D eigenvalue weighted by atomic mass is 79.9. The topological polar surface area (TPSA) is 70.9 Å². The SMILES string of the molecule is Cc1cc(C)cc(OCC(=O)N/N=C\c2cc(Br)cc(Cl)c2O)c1. The number of rotatable bonds is 5. The molecule has 5 nitrogen and oxygen atoms in total. The molecule has 0 radical (unpaired) electrons. The number of hydrogen-bond acceptors (Lipinski definition) is 4. The van der Waals surface area contributed by atoms with Gasteiger partial charge in [-0.25, -0.2) is 5.43 Å². The minimum absolute atomic E-state index is 0.107. The summed E-state index contributed by atoms with van der Waals surface area (Å²) in [6.45, 7) is 3.76. The molecule has 0 saturated heterocycles. The Balaban J connectivity index is 1.91. The number of aromatic hydroxyl groups is 1. The summed E-state index contributed by atoms with van der Waals surface area (Å²) < 4.78 is 6.12. The zero-order valence-electron chi connectivity index (χ0n) is 13.1. The Kier molecular flexibility index (Phi) is 6.23. The van der Waals surface area contributed by atoms with Crippen LogP contribution in [0.25, 0.3) is 0 Å². The van der Waals surface area contributed by atoms with Crippen LogP contribution in [-0.4, -0.2) is 23.8 Å². The largest absolute Gasteiger partial charge is 0.506 e. The summed E-state index contributed by atoms with van der Waals surface area (Å²) in [5.74, 6) is 0.110. The molecule has 0 aliphatic carbocycles. The van der Waals surface area contributed by atoms with Gasteiger partial charge in [-0.1, -0.05) is 33.6 Å². The lowest BCUT2D eigenvalue weighted by Crippen LogP contribution is -2.24. The second kappa shape index (κ2) is 8.17. The number of hydrazone groups is 1. The second-order valence-corrected chi connectivity index (χ2v) is 6.55. The Morgan fingerprint density at radius 1 is 1.29 bits per heavy atom. The predicted octanol–water partition coefficient (Wildman–Crippen LogP) is 3.95. The van der Waals surface area contributed by atoms with Crippen molar-refractivity contribution >= 4 is 39.7 Å². The number of carbonyl (C=O) groups excluding carboxylic acids is 1. The van der Waals surface area contributed by atoms with Gasteiger partial charge in [0.15, 0.2) is 6.61 Å². The maximum absolute atomic E-state index is 11.7. The maximum Gasteiger partial charge on any atom is 0.277 e. The van der Waals surface area contributed by atoms with Crippen molar-refractivity contribution in [2.45, 2.75) is 13.8 Å². The summed E-state index contributed by atoms with van der Waals surface area (Å²) in [6.07, 6.45) is 1.31. The van der Waals surface area contributed by atoms with Gasteiger partial charge in [-0.3, -0.25) is 4.79 Å². The molecule has 0 heterocycles. The van der Waals surface area contributed by atoms with Crippen molar-refractivity contribution in [1.29, 1.82) is 0 Å². The summed E-state index contributed by atoms with van der Waals surface area (Å²) in [5.41, 5.74) is 4.83. The zero-order chi connectivity index (χ0) is 17.7. The van der Waals surface area contributed by atoms with Crippen LogP contribution in [0.15, 0.2) is 39.9 Å². The smallest absolute Gasteiger partial charge is 0.277 e. The summed E-state index contributed by atoms with van der Waals surface area (Å²) >= 11 is 9.12. The average Bonchev–Trinajstić information content (AvgIpc) is 2.49. The fourth-order valence-corrected chi connectivity index (χ4v) is 2.89. The molecule has 0 aliphatic rings. The number of aryl methyl sites for hydroxylation is 2. The highest BCUT2D eigenvalue weighted by molar-refractivity contribution is 9.10. The van der Waals surface area contributed by atoms with Crippen LogP contribution in [0.1, 0.15) is 16.7 Å². The molecular formula is C17H16BrClN2O3. The molecule has 0 aliphatic heterocycles. The van der Waals surface area contributed by atoms with E-state index in [4.69, 9.17) is 16.3 Å². The molecule has 126 valence electrons. The maximum atomic E-state index is 11.7. The molecule has 2 aromatic rings. The standard InChI is InChI=1S/C17H16BrClN2O3/c1-10-3-11(2)5-14(4-10)24-9-16(22)21-20-8-12-6-13(18)7-15(19)17(12)23/h3-8,23H,9H2,1-2H3,(H,21,22)/b20-8-. The Morgan fingerprint density at radius 2 is 1.96 bits per heavy atom. The normalized spacial score (nSPS) is 10.8. The molecule has 0 atom stereocenters. The van der Waals surface area contributed by atoms with Crippen molar-refractivity contribution in [2.24, 2.45) is 5.10 Å². The van der Waals surface area contributed by atoms with E-state index in [1.165, 1.54) is 6.21 Å². The van der Waals surface area contributed by atoms with Gasteiger partial charge in [-0.2, -0.15) is 5.10 Å². The third-order valence-electron chi connectivity index (χ3n) is 3.02. The number of phenolic OH excluding ortho intramolecular Hbond substituents is 1. The van der Waals surface area contributed by atoms with E-state index in [-0.39, 0.29) is 17.4 Å². The molecule has 0 unspecified atom stereocenters. The van der Waals surface area contributed by atoms with Gasteiger partial charge in [0.25, 0.3) is 5.91 Å². The van der Waals surface area contributed by atoms with Gasteiger partial charge in [-0.15, -0.1) is 0 Å². The van der Waals surface area contributed by atoms with E-state index in [0.29, 0.717) is 15.8 Å². The number of amides is 1. The van der Waals surface area contributed by atoms with Gasteiger partial charge in [0, 0.05) is 10.0 Å². The van der Waals surface area contributed by atoms with Gasteiger partial charge >= 0.3 is 0 Å². The number of nitrogens with zero attached hydrogens (tertiary/aromatic N) is 1. The van der Waals surface area contributed by atoms with Crippen LogP contribution in [0.2, 0.25) is 5.02 Å². The Bertz CT molecular complexity index is 773. The fourth-order valence-electron chi connectivity index (χ4n) is 2.06. The summed E-state index contributed by atoms with van der Waals surface area (Å²) in [7, 11) is 0. The molecule has 1 amide bonds. The highest BCUT2D eigenvalue weighted by Gasteiger charge is 2.06. The monoisotopic (exact) mass is 410 g/mol. The molecule has 24 heavy (non-hydrogen) atoms. The number of nitrogens with one attached hydrogen (secondary N) is 1.